The molecule has 1 aliphatic heterocycles. The van der Waals surface area contributed by atoms with Crippen molar-refractivity contribution >= 4 is 21.5 Å². The van der Waals surface area contributed by atoms with Crippen LogP contribution >= 0.6 is 0 Å². The summed E-state index contributed by atoms with van der Waals surface area (Å²) in [5.41, 5.74) is 1.74. The zero-order valence-electron chi connectivity index (χ0n) is 13.3. The van der Waals surface area contributed by atoms with Crippen molar-refractivity contribution in [3.8, 4) is 0 Å². The number of ketones is 1. The van der Waals surface area contributed by atoms with Crippen molar-refractivity contribution in [2.75, 3.05) is 36.8 Å². The van der Waals surface area contributed by atoms with Crippen molar-refractivity contribution in [3.63, 3.8) is 0 Å². The molecular formula is C16H24N2O3S. The molecule has 6 heteroatoms. The number of hydrogen-bond acceptors (Lipinski definition) is 4. The summed E-state index contributed by atoms with van der Waals surface area (Å²) < 4.78 is 26.0. The van der Waals surface area contributed by atoms with E-state index in [2.05, 4.69) is 4.90 Å². The van der Waals surface area contributed by atoms with E-state index in [1.165, 1.54) is 0 Å². The number of anilines is 1. The molecule has 0 unspecified atom stereocenters. The van der Waals surface area contributed by atoms with Gasteiger partial charge in [0.25, 0.3) is 0 Å². The first-order valence-corrected chi connectivity index (χ1v) is 9.38. The van der Waals surface area contributed by atoms with Gasteiger partial charge in [-0.05, 0) is 37.6 Å². The summed E-state index contributed by atoms with van der Waals surface area (Å²) in [4.78, 5) is 13.4. The fraction of sp³-hybridized carbons (Fsp3) is 0.562. The van der Waals surface area contributed by atoms with E-state index in [9.17, 15) is 13.2 Å². The maximum atomic E-state index is 12.2. The van der Waals surface area contributed by atoms with Gasteiger partial charge in [-0.25, -0.2) is 8.42 Å². The van der Waals surface area contributed by atoms with Gasteiger partial charge in [0.15, 0.2) is 5.78 Å². The van der Waals surface area contributed by atoms with Gasteiger partial charge in [0.05, 0.1) is 5.75 Å². The molecule has 0 aromatic heterocycles. The minimum absolute atomic E-state index is 0.0541. The second-order valence-electron chi connectivity index (χ2n) is 5.66. The lowest BCUT2D eigenvalue weighted by Crippen LogP contribution is -2.49. The molecule has 0 atom stereocenters. The quantitative estimate of drug-likeness (QED) is 0.752. The van der Waals surface area contributed by atoms with E-state index in [1.54, 1.807) is 11.2 Å². The number of hydrogen-bond donors (Lipinski definition) is 0. The van der Waals surface area contributed by atoms with Crippen LogP contribution in [0.15, 0.2) is 24.3 Å². The van der Waals surface area contributed by atoms with Crippen LogP contribution < -0.4 is 4.90 Å². The Hall–Kier alpha value is -1.40. The average Bonchev–Trinajstić information content (AvgIpc) is 2.53. The Kier molecular flexibility index (Phi) is 5.58. The zero-order chi connectivity index (χ0) is 16.2. The first kappa shape index (κ1) is 17.0. The highest BCUT2D eigenvalue weighted by molar-refractivity contribution is 7.89. The predicted molar refractivity (Wildman–Crippen MR) is 88.9 cm³/mol. The van der Waals surface area contributed by atoms with Gasteiger partial charge in [-0.3, -0.25) is 4.79 Å². The van der Waals surface area contributed by atoms with Gasteiger partial charge in [0.2, 0.25) is 10.0 Å². The largest absolute Gasteiger partial charge is 0.369 e. The summed E-state index contributed by atoms with van der Waals surface area (Å²) in [6.45, 7) is 5.98. The molecule has 0 radical (unpaired) electrons. The Bertz CT molecular complexity index is 603. The molecule has 1 aromatic carbocycles. The standard InChI is InChI=1S/C16H24N2O3S/c1-3-4-13-22(20,21)18-11-9-17(10-12-18)16-7-5-15(6-8-16)14(2)19/h5-8H,3-4,9-13H2,1-2H3. The molecule has 5 nitrogen and oxygen atoms in total. The van der Waals surface area contributed by atoms with Crippen LogP contribution in [0.1, 0.15) is 37.0 Å². The lowest BCUT2D eigenvalue weighted by Gasteiger charge is -2.35. The topological polar surface area (TPSA) is 57.7 Å². The SMILES string of the molecule is CCCCS(=O)(=O)N1CCN(c2ccc(C(C)=O)cc2)CC1. The van der Waals surface area contributed by atoms with Crippen LogP contribution in [0.3, 0.4) is 0 Å². The molecule has 0 spiro atoms. The number of carbonyl (C=O) groups excluding carboxylic acids is 1. The third-order valence-corrected chi connectivity index (χ3v) is 5.98. The number of carbonyl (C=O) groups is 1. The second kappa shape index (κ2) is 7.24. The lowest BCUT2D eigenvalue weighted by molar-refractivity contribution is 0.101. The van der Waals surface area contributed by atoms with Gasteiger partial charge < -0.3 is 4.90 Å². The molecule has 0 bridgehead atoms. The van der Waals surface area contributed by atoms with Crippen LogP contribution in [0, 0.1) is 0 Å². The van der Waals surface area contributed by atoms with E-state index in [1.807, 2.05) is 31.2 Å². The molecule has 0 aliphatic carbocycles. The smallest absolute Gasteiger partial charge is 0.214 e. The highest BCUT2D eigenvalue weighted by Gasteiger charge is 2.26. The molecule has 2 rings (SSSR count). The van der Waals surface area contributed by atoms with Gasteiger partial charge in [-0.2, -0.15) is 4.31 Å². The maximum absolute atomic E-state index is 12.2. The highest BCUT2D eigenvalue weighted by Crippen LogP contribution is 2.19. The molecular weight excluding hydrogens is 300 g/mol. The summed E-state index contributed by atoms with van der Waals surface area (Å²) in [7, 11) is -3.11. The third-order valence-electron chi connectivity index (χ3n) is 4.03. The van der Waals surface area contributed by atoms with Gasteiger partial charge >= 0.3 is 0 Å². The summed E-state index contributed by atoms with van der Waals surface area (Å²) in [5.74, 6) is 0.301. The molecule has 22 heavy (non-hydrogen) atoms. The Morgan fingerprint density at radius 1 is 1.09 bits per heavy atom. The van der Waals surface area contributed by atoms with Crippen LogP contribution in [0.4, 0.5) is 5.69 Å². The van der Waals surface area contributed by atoms with E-state index in [-0.39, 0.29) is 11.5 Å². The average molecular weight is 324 g/mol. The number of benzene rings is 1. The van der Waals surface area contributed by atoms with Crippen molar-refractivity contribution in [1.29, 1.82) is 0 Å². The molecule has 1 fully saturated rings. The van der Waals surface area contributed by atoms with Crippen molar-refractivity contribution in [2.24, 2.45) is 0 Å². The second-order valence-corrected chi connectivity index (χ2v) is 7.75. The minimum atomic E-state index is -3.11. The first-order chi connectivity index (χ1) is 10.4. The summed E-state index contributed by atoms with van der Waals surface area (Å²) in [5, 5.41) is 0. The van der Waals surface area contributed by atoms with Crippen LogP contribution in [-0.4, -0.2) is 50.4 Å². The number of Topliss-reactive ketones (excluding diaryl/α,β-unsaturated/α-hetero) is 1. The molecule has 0 amide bonds. The number of sulfonamides is 1. The van der Waals surface area contributed by atoms with Crippen LogP contribution in [0.2, 0.25) is 0 Å². The van der Waals surface area contributed by atoms with Crippen molar-refractivity contribution in [3.05, 3.63) is 29.8 Å². The monoisotopic (exact) mass is 324 g/mol. The molecule has 1 saturated heterocycles. The highest BCUT2D eigenvalue weighted by atomic mass is 32.2. The molecule has 122 valence electrons. The number of nitrogens with zero attached hydrogens (tertiary/aromatic N) is 2. The number of unbranched alkanes of at least 4 members (excludes halogenated alkanes) is 1. The van der Waals surface area contributed by atoms with E-state index in [4.69, 9.17) is 0 Å². The lowest BCUT2D eigenvalue weighted by atomic mass is 10.1. The number of rotatable bonds is 6. The minimum Gasteiger partial charge on any atom is -0.369 e. The summed E-state index contributed by atoms with van der Waals surface area (Å²) in [6, 6.07) is 7.50. The van der Waals surface area contributed by atoms with Gasteiger partial charge in [0, 0.05) is 37.4 Å². The Morgan fingerprint density at radius 3 is 2.18 bits per heavy atom. The number of piperazine rings is 1. The van der Waals surface area contributed by atoms with E-state index < -0.39 is 10.0 Å². The molecule has 1 aromatic rings. The maximum Gasteiger partial charge on any atom is 0.214 e. The van der Waals surface area contributed by atoms with Crippen molar-refractivity contribution < 1.29 is 13.2 Å². The zero-order valence-corrected chi connectivity index (χ0v) is 14.1. The molecule has 1 heterocycles. The first-order valence-electron chi connectivity index (χ1n) is 7.78. The van der Waals surface area contributed by atoms with E-state index in [0.717, 1.165) is 18.5 Å². The van der Waals surface area contributed by atoms with Gasteiger partial charge in [-0.1, -0.05) is 13.3 Å². The van der Waals surface area contributed by atoms with Crippen LogP contribution in [-0.2, 0) is 10.0 Å². The van der Waals surface area contributed by atoms with Crippen molar-refractivity contribution in [1.82, 2.24) is 4.31 Å². The Labute approximate surface area is 133 Å². The molecule has 1 aliphatic rings. The van der Waals surface area contributed by atoms with Gasteiger partial charge in [-0.15, -0.1) is 0 Å². The third kappa shape index (κ3) is 4.08. The fourth-order valence-corrected chi connectivity index (χ4v) is 4.22. The Balaban J connectivity index is 1.95. The predicted octanol–water partition coefficient (Wildman–Crippen LogP) is 2.14. The van der Waals surface area contributed by atoms with E-state index in [0.29, 0.717) is 31.7 Å². The normalized spacial score (nSPS) is 16.7. The van der Waals surface area contributed by atoms with E-state index >= 15 is 0 Å². The summed E-state index contributed by atoms with van der Waals surface area (Å²) >= 11 is 0. The van der Waals surface area contributed by atoms with Crippen LogP contribution in [0.25, 0.3) is 0 Å². The van der Waals surface area contributed by atoms with Gasteiger partial charge in [0.1, 0.15) is 0 Å². The molecule has 0 saturated carbocycles. The molecule has 0 N–H and O–H groups in total. The Morgan fingerprint density at radius 2 is 1.68 bits per heavy atom. The van der Waals surface area contributed by atoms with Crippen LogP contribution in [0.5, 0.6) is 0 Å². The van der Waals surface area contributed by atoms with Crippen molar-refractivity contribution in [2.45, 2.75) is 26.7 Å². The summed E-state index contributed by atoms with van der Waals surface area (Å²) in [6.07, 6.45) is 1.61. The fourth-order valence-electron chi connectivity index (χ4n) is 2.59.